The number of sulfone groups is 1. The first kappa shape index (κ1) is 27.5. The maximum absolute atomic E-state index is 13.8. The first-order chi connectivity index (χ1) is 20.9. The largest absolute Gasteiger partial charge is 0.474 e. The number of allylic oxidation sites excluding steroid dienone is 4. The molecule has 0 amide bonds. The lowest BCUT2D eigenvalue weighted by molar-refractivity contribution is 0.155. The Labute approximate surface area is 250 Å². The normalized spacial score (nSPS) is 23.2. The summed E-state index contributed by atoms with van der Waals surface area (Å²) in [7, 11) is -3.67. The molecule has 5 aliphatic rings. The fourth-order valence-electron chi connectivity index (χ4n) is 5.97. The second kappa shape index (κ2) is 11.1. The molecule has 1 unspecified atom stereocenters. The number of ether oxygens (including phenoxy) is 1. The highest BCUT2D eigenvalue weighted by Crippen LogP contribution is 2.39. The molecule has 0 aliphatic carbocycles. The van der Waals surface area contributed by atoms with Crippen LogP contribution in [0.15, 0.2) is 93.0 Å². The van der Waals surface area contributed by atoms with Crippen molar-refractivity contribution in [3.63, 3.8) is 0 Å². The van der Waals surface area contributed by atoms with Gasteiger partial charge >= 0.3 is 0 Å². The molecule has 10 nitrogen and oxygen atoms in total. The van der Waals surface area contributed by atoms with Crippen molar-refractivity contribution in [2.45, 2.75) is 44.2 Å². The van der Waals surface area contributed by atoms with Gasteiger partial charge in [0.1, 0.15) is 22.9 Å². The molecular formula is C32H33N7O3S. The van der Waals surface area contributed by atoms with Crippen molar-refractivity contribution in [2.75, 3.05) is 18.8 Å². The standard InChI is InChI=1S/C32H33N7O3S/c1-2-15-43(40,41)31-27-8-7-24(38-27)17-22-4-3-21(36-22)16-23-5-6-25(37-23)19-32(12-9-28(31)39-32)29-18-30(35-20-34-29)42-26-10-13-33-14-11-26/h3-9,16-20,26,33,36,39H,2,10-15H2,1H3. The predicted molar refractivity (Wildman–Crippen MR) is 167 cm³/mol. The maximum Gasteiger partial charge on any atom is 0.216 e. The molecule has 5 aliphatic heterocycles. The van der Waals surface area contributed by atoms with Crippen molar-refractivity contribution < 1.29 is 13.2 Å². The minimum absolute atomic E-state index is 0.00923. The molecule has 0 spiro atoms. The lowest BCUT2D eigenvalue weighted by Gasteiger charge is -2.29. The van der Waals surface area contributed by atoms with E-state index in [1.165, 1.54) is 6.33 Å². The van der Waals surface area contributed by atoms with Gasteiger partial charge in [-0.1, -0.05) is 13.0 Å². The molecule has 0 aromatic carbocycles. The zero-order chi connectivity index (χ0) is 29.4. The number of H-pyrrole nitrogens is 1. The summed E-state index contributed by atoms with van der Waals surface area (Å²) in [4.78, 5) is 22.3. The first-order valence-electron chi connectivity index (χ1n) is 14.7. The van der Waals surface area contributed by atoms with Crippen LogP contribution in [-0.4, -0.2) is 59.7 Å². The van der Waals surface area contributed by atoms with Crippen LogP contribution in [0.5, 0.6) is 5.88 Å². The Bertz CT molecular complexity index is 1920. The average Bonchev–Trinajstić information content (AvgIpc) is 3.80. The van der Waals surface area contributed by atoms with Crippen molar-refractivity contribution in [1.82, 2.24) is 25.6 Å². The smallest absolute Gasteiger partial charge is 0.216 e. The van der Waals surface area contributed by atoms with Gasteiger partial charge in [0.15, 0.2) is 9.84 Å². The van der Waals surface area contributed by atoms with E-state index in [4.69, 9.17) is 14.7 Å². The summed E-state index contributed by atoms with van der Waals surface area (Å²) in [6.45, 7) is 3.67. The van der Waals surface area contributed by atoms with Crippen LogP contribution in [-0.2, 0) is 15.4 Å². The van der Waals surface area contributed by atoms with Gasteiger partial charge in [0.2, 0.25) is 5.88 Å². The Balaban J connectivity index is 1.38. The molecule has 1 atom stereocenters. The highest BCUT2D eigenvalue weighted by Gasteiger charge is 2.40. The Kier molecular flexibility index (Phi) is 7.06. The molecular weight excluding hydrogens is 562 g/mol. The SMILES string of the molecule is CCCS(=O)(=O)C1=C2C=CC(=N2)C=c2ccc([nH]2)=CC2=NC(=CC3(c4cc(OC5CCNCC5)ncn4)CC=C1N3)C=C2. The summed E-state index contributed by atoms with van der Waals surface area (Å²) < 4.78 is 33.8. The highest BCUT2D eigenvalue weighted by atomic mass is 32.2. The van der Waals surface area contributed by atoms with Crippen LogP contribution in [0.3, 0.4) is 0 Å². The summed E-state index contributed by atoms with van der Waals surface area (Å²) in [5, 5.41) is 8.70. The van der Waals surface area contributed by atoms with Crippen LogP contribution in [0.1, 0.15) is 38.3 Å². The van der Waals surface area contributed by atoms with Crippen LogP contribution in [0.4, 0.5) is 0 Å². The molecule has 220 valence electrons. The number of piperidine rings is 1. The van der Waals surface area contributed by atoms with Gasteiger partial charge in [-0.05, 0) is 87.0 Å². The number of nitrogens with zero attached hydrogens (tertiary/aromatic N) is 4. The van der Waals surface area contributed by atoms with E-state index in [9.17, 15) is 8.42 Å². The van der Waals surface area contributed by atoms with Crippen molar-refractivity contribution in [1.29, 1.82) is 0 Å². The van der Waals surface area contributed by atoms with E-state index in [1.807, 2.05) is 67.7 Å². The molecule has 1 saturated heterocycles. The van der Waals surface area contributed by atoms with Gasteiger partial charge in [0, 0.05) is 23.2 Å². The van der Waals surface area contributed by atoms with E-state index in [2.05, 4.69) is 25.6 Å². The number of hydrogen-bond acceptors (Lipinski definition) is 9. The van der Waals surface area contributed by atoms with Gasteiger partial charge in [-0.25, -0.2) is 28.4 Å². The summed E-state index contributed by atoms with van der Waals surface area (Å²) in [5.74, 6) is 0.504. The number of nitrogens with one attached hydrogen (secondary N) is 3. The van der Waals surface area contributed by atoms with E-state index in [1.54, 1.807) is 6.08 Å². The second-order valence-electron chi connectivity index (χ2n) is 11.2. The molecule has 3 N–H and O–H groups in total. The fourth-order valence-corrected chi connectivity index (χ4v) is 7.61. The molecule has 7 rings (SSSR count). The predicted octanol–water partition coefficient (Wildman–Crippen LogP) is 2.22. The van der Waals surface area contributed by atoms with Crippen LogP contribution < -0.4 is 26.1 Å². The minimum atomic E-state index is -3.67. The Hall–Kier alpha value is -4.35. The van der Waals surface area contributed by atoms with E-state index in [0.29, 0.717) is 41.5 Å². The molecule has 7 heterocycles. The van der Waals surface area contributed by atoms with Crippen LogP contribution >= 0.6 is 0 Å². The van der Waals surface area contributed by atoms with Crippen molar-refractivity contribution in [3.05, 3.63) is 99.4 Å². The quantitative estimate of drug-likeness (QED) is 0.466. The monoisotopic (exact) mass is 595 g/mol. The molecule has 8 bridgehead atoms. The van der Waals surface area contributed by atoms with Crippen molar-refractivity contribution in [3.8, 4) is 5.88 Å². The maximum atomic E-state index is 13.8. The third-order valence-corrected chi connectivity index (χ3v) is 9.99. The molecule has 43 heavy (non-hydrogen) atoms. The Morgan fingerprint density at radius 1 is 1.00 bits per heavy atom. The second-order valence-corrected chi connectivity index (χ2v) is 13.3. The lowest BCUT2D eigenvalue weighted by atomic mass is 9.91. The highest BCUT2D eigenvalue weighted by molar-refractivity contribution is 7.95. The number of hydrogen-bond donors (Lipinski definition) is 3. The zero-order valence-corrected chi connectivity index (χ0v) is 24.7. The van der Waals surface area contributed by atoms with Gasteiger partial charge in [0.05, 0.1) is 40.0 Å². The third kappa shape index (κ3) is 5.57. The molecule has 2 aromatic heterocycles. The van der Waals surface area contributed by atoms with Gasteiger partial charge in [-0.15, -0.1) is 0 Å². The third-order valence-electron chi connectivity index (χ3n) is 8.00. The molecule has 11 heteroatoms. The van der Waals surface area contributed by atoms with E-state index in [-0.39, 0.29) is 16.8 Å². The van der Waals surface area contributed by atoms with Gasteiger partial charge in [-0.2, -0.15) is 0 Å². The van der Waals surface area contributed by atoms with Crippen LogP contribution in [0.25, 0.3) is 12.2 Å². The van der Waals surface area contributed by atoms with Crippen molar-refractivity contribution >= 4 is 33.4 Å². The molecule has 1 fully saturated rings. The van der Waals surface area contributed by atoms with Gasteiger partial charge in [0.25, 0.3) is 0 Å². The van der Waals surface area contributed by atoms with E-state index < -0.39 is 15.4 Å². The molecule has 0 radical (unpaired) electrons. The minimum Gasteiger partial charge on any atom is -0.474 e. The number of rotatable bonds is 6. The number of aromatic nitrogens is 3. The summed E-state index contributed by atoms with van der Waals surface area (Å²) >= 11 is 0. The van der Waals surface area contributed by atoms with Crippen molar-refractivity contribution in [2.24, 2.45) is 9.98 Å². The number of aromatic amines is 1. The summed E-state index contributed by atoms with van der Waals surface area (Å²) in [6.07, 6.45) is 19.7. The van der Waals surface area contributed by atoms with Crippen LogP contribution in [0, 0.1) is 0 Å². The van der Waals surface area contributed by atoms with Crippen LogP contribution in [0.2, 0.25) is 0 Å². The summed E-state index contributed by atoms with van der Waals surface area (Å²) in [5.41, 5.74) is 2.89. The lowest BCUT2D eigenvalue weighted by Crippen LogP contribution is -2.38. The first-order valence-corrected chi connectivity index (χ1v) is 16.3. The van der Waals surface area contributed by atoms with E-state index in [0.717, 1.165) is 48.0 Å². The Morgan fingerprint density at radius 2 is 1.77 bits per heavy atom. The van der Waals surface area contributed by atoms with Gasteiger partial charge < -0.3 is 20.4 Å². The number of aliphatic imine (C=N–C) groups is 2. The number of fused-ring (bicyclic) bond motifs is 6. The molecule has 0 saturated carbocycles. The summed E-state index contributed by atoms with van der Waals surface area (Å²) in [6, 6.07) is 5.80. The van der Waals surface area contributed by atoms with E-state index >= 15 is 0 Å². The zero-order valence-electron chi connectivity index (χ0n) is 23.9. The molecule has 2 aromatic rings. The Morgan fingerprint density at radius 3 is 2.56 bits per heavy atom. The average molecular weight is 596 g/mol. The topological polar surface area (TPSA) is 134 Å². The fraction of sp³-hybridized carbons (Fsp3) is 0.312. The van der Waals surface area contributed by atoms with Gasteiger partial charge in [-0.3, -0.25) is 0 Å².